The van der Waals surface area contributed by atoms with Gasteiger partial charge in [-0.25, -0.2) is 4.98 Å². The lowest BCUT2D eigenvalue weighted by atomic mass is 10.1. The minimum atomic E-state index is 0.327. The number of nitrogens with one attached hydrogen (secondary N) is 1. The van der Waals surface area contributed by atoms with Crippen LogP contribution in [0.2, 0.25) is 10.0 Å². The summed E-state index contributed by atoms with van der Waals surface area (Å²) in [4.78, 5) is 4.30. The summed E-state index contributed by atoms with van der Waals surface area (Å²) in [6.45, 7) is 2.17. The molecule has 0 unspecified atom stereocenters. The Morgan fingerprint density at radius 2 is 2.17 bits per heavy atom. The fraction of sp³-hybridized carbons (Fsp3) is 0.188. The molecule has 0 saturated carbocycles. The van der Waals surface area contributed by atoms with Crippen LogP contribution in [-0.2, 0) is 11.3 Å². The molecule has 0 fully saturated rings. The summed E-state index contributed by atoms with van der Waals surface area (Å²) < 4.78 is 5.11. The van der Waals surface area contributed by atoms with Gasteiger partial charge in [-0.2, -0.15) is 10.4 Å². The molecule has 0 aliphatic carbocycles. The molecule has 23 heavy (non-hydrogen) atoms. The van der Waals surface area contributed by atoms with E-state index < -0.39 is 0 Å². The number of aromatic nitrogens is 1. The number of rotatable bonds is 5. The van der Waals surface area contributed by atoms with Gasteiger partial charge in [0, 0.05) is 29.0 Å². The summed E-state index contributed by atoms with van der Waals surface area (Å²) in [6, 6.07) is 9.04. The predicted molar refractivity (Wildman–Crippen MR) is 92.1 cm³/mol. The lowest BCUT2D eigenvalue weighted by Gasteiger charge is -2.09. The molecule has 7 heteroatoms. The minimum absolute atomic E-state index is 0.327. The van der Waals surface area contributed by atoms with Gasteiger partial charge in [-0.05, 0) is 25.1 Å². The van der Waals surface area contributed by atoms with E-state index in [0.717, 1.165) is 11.3 Å². The Bertz CT molecular complexity index is 784. The van der Waals surface area contributed by atoms with Crippen molar-refractivity contribution in [2.24, 2.45) is 5.10 Å². The van der Waals surface area contributed by atoms with Crippen LogP contribution in [0.5, 0.6) is 0 Å². The highest BCUT2D eigenvalue weighted by Gasteiger charge is 2.10. The average molecular weight is 349 g/mol. The van der Waals surface area contributed by atoms with E-state index in [1.54, 1.807) is 31.5 Å². The molecule has 2 aromatic rings. The van der Waals surface area contributed by atoms with E-state index in [2.05, 4.69) is 21.6 Å². The standard InChI is InChI=1S/C16H14Cl2N4O/c1-10-5-12(9-23-2)14(7-19)16(21-10)22-20-8-11-3-4-13(17)6-15(11)18/h3-6,8H,9H2,1-2H3,(H,21,22)/b20-8-. The van der Waals surface area contributed by atoms with Crippen LogP contribution in [-0.4, -0.2) is 18.3 Å². The molecular weight excluding hydrogens is 335 g/mol. The number of ether oxygens (including phenoxy) is 1. The number of aryl methyl sites for hydroxylation is 1. The first kappa shape index (κ1) is 17.2. The van der Waals surface area contributed by atoms with Crippen molar-refractivity contribution >= 4 is 35.2 Å². The lowest BCUT2D eigenvalue weighted by Crippen LogP contribution is -2.03. The zero-order chi connectivity index (χ0) is 16.8. The smallest absolute Gasteiger partial charge is 0.164 e. The lowest BCUT2D eigenvalue weighted by molar-refractivity contribution is 0.184. The van der Waals surface area contributed by atoms with Crippen molar-refractivity contribution in [2.75, 3.05) is 12.5 Å². The molecule has 0 spiro atoms. The maximum atomic E-state index is 9.33. The molecule has 1 N–H and O–H groups in total. The Morgan fingerprint density at radius 3 is 2.83 bits per heavy atom. The van der Waals surface area contributed by atoms with Crippen molar-refractivity contribution in [1.82, 2.24) is 4.98 Å². The van der Waals surface area contributed by atoms with E-state index in [1.165, 1.54) is 0 Å². The van der Waals surface area contributed by atoms with Gasteiger partial charge < -0.3 is 4.74 Å². The van der Waals surface area contributed by atoms with Gasteiger partial charge in [0.2, 0.25) is 0 Å². The average Bonchev–Trinajstić information content (AvgIpc) is 2.49. The molecular formula is C16H14Cl2N4O. The second kappa shape index (κ2) is 7.93. The van der Waals surface area contributed by atoms with Gasteiger partial charge in [-0.3, -0.25) is 5.43 Å². The topological polar surface area (TPSA) is 70.3 Å². The van der Waals surface area contributed by atoms with Crippen LogP contribution >= 0.6 is 23.2 Å². The number of hydrogen-bond acceptors (Lipinski definition) is 5. The van der Waals surface area contributed by atoms with Crippen LogP contribution in [0.1, 0.15) is 22.4 Å². The maximum absolute atomic E-state index is 9.33. The highest BCUT2D eigenvalue weighted by atomic mass is 35.5. The zero-order valence-corrected chi connectivity index (χ0v) is 14.1. The second-order valence-electron chi connectivity index (χ2n) is 4.73. The van der Waals surface area contributed by atoms with E-state index in [9.17, 15) is 5.26 Å². The van der Waals surface area contributed by atoms with Crippen LogP contribution in [0.25, 0.3) is 0 Å². The Labute approximate surface area is 144 Å². The molecule has 1 aromatic carbocycles. The van der Waals surface area contributed by atoms with Crippen LogP contribution in [0, 0.1) is 18.3 Å². The van der Waals surface area contributed by atoms with E-state index in [4.69, 9.17) is 27.9 Å². The highest BCUT2D eigenvalue weighted by molar-refractivity contribution is 6.36. The minimum Gasteiger partial charge on any atom is -0.380 e. The van der Waals surface area contributed by atoms with Gasteiger partial charge in [0.25, 0.3) is 0 Å². The van der Waals surface area contributed by atoms with E-state index >= 15 is 0 Å². The molecule has 0 saturated heterocycles. The highest BCUT2D eigenvalue weighted by Crippen LogP contribution is 2.21. The molecule has 0 bridgehead atoms. The third kappa shape index (κ3) is 4.42. The van der Waals surface area contributed by atoms with Crippen molar-refractivity contribution in [1.29, 1.82) is 5.26 Å². The summed E-state index contributed by atoms with van der Waals surface area (Å²) in [7, 11) is 1.57. The van der Waals surface area contributed by atoms with Crippen LogP contribution < -0.4 is 5.43 Å². The molecule has 0 aliphatic rings. The van der Waals surface area contributed by atoms with Gasteiger partial charge in [0.15, 0.2) is 5.82 Å². The number of methoxy groups -OCH3 is 1. The summed E-state index contributed by atoms with van der Waals surface area (Å²) in [5.74, 6) is 0.376. The molecule has 5 nitrogen and oxygen atoms in total. The largest absolute Gasteiger partial charge is 0.380 e. The Balaban J connectivity index is 2.26. The fourth-order valence-electron chi connectivity index (χ4n) is 1.99. The number of pyridine rings is 1. The summed E-state index contributed by atoms with van der Waals surface area (Å²) in [5.41, 5.74) is 5.40. The summed E-state index contributed by atoms with van der Waals surface area (Å²) >= 11 is 11.9. The number of hydrogen-bond donors (Lipinski definition) is 1. The van der Waals surface area contributed by atoms with Crippen molar-refractivity contribution in [3.8, 4) is 6.07 Å². The fourth-order valence-corrected chi connectivity index (χ4v) is 2.44. The SMILES string of the molecule is COCc1cc(C)nc(N/N=C\c2ccc(Cl)cc2Cl)c1C#N. The second-order valence-corrected chi connectivity index (χ2v) is 5.57. The summed E-state index contributed by atoms with van der Waals surface area (Å²) in [6.07, 6.45) is 1.54. The molecule has 0 amide bonds. The number of anilines is 1. The van der Waals surface area contributed by atoms with E-state index in [-0.39, 0.29) is 0 Å². The molecule has 0 atom stereocenters. The quantitative estimate of drug-likeness (QED) is 0.650. The van der Waals surface area contributed by atoms with Gasteiger partial charge in [0.05, 0.1) is 17.8 Å². The molecule has 2 rings (SSSR count). The van der Waals surface area contributed by atoms with Crippen molar-refractivity contribution < 1.29 is 4.74 Å². The van der Waals surface area contributed by atoms with E-state index in [0.29, 0.717) is 33.6 Å². The van der Waals surface area contributed by atoms with Crippen LogP contribution in [0.4, 0.5) is 5.82 Å². The number of nitrogens with zero attached hydrogens (tertiary/aromatic N) is 3. The Kier molecular flexibility index (Phi) is 5.94. The maximum Gasteiger partial charge on any atom is 0.164 e. The zero-order valence-electron chi connectivity index (χ0n) is 12.6. The number of nitriles is 1. The van der Waals surface area contributed by atoms with Crippen LogP contribution in [0.15, 0.2) is 29.4 Å². The monoisotopic (exact) mass is 348 g/mol. The summed E-state index contributed by atoms with van der Waals surface area (Å²) in [5, 5.41) is 14.5. The normalized spacial score (nSPS) is 10.7. The predicted octanol–water partition coefficient (Wildman–Crippen LogP) is 4.16. The van der Waals surface area contributed by atoms with Gasteiger partial charge in [0.1, 0.15) is 11.6 Å². The van der Waals surface area contributed by atoms with Gasteiger partial charge in [-0.1, -0.05) is 29.3 Å². The third-order valence-electron chi connectivity index (χ3n) is 2.98. The molecule has 0 radical (unpaired) electrons. The number of halogens is 2. The Hall–Kier alpha value is -2.13. The molecule has 118 valence electrons. The first-order valence-corrected chi connectivity index (χ1v) is 7.44. The van der Waals surface area contributed by atoms with Crippen molar-refractivity contribution in [3.63, 3.8) is 0 Å². The molecule has 1 aromatic heterocycles. The number of hydrazone groups is 1. The van der Waals surface area contributed by atoms with Crippen molar-refractivity contribution in [3.05, 3.63) is 56.7 Å². The Morgan fingerprint density at radius 1 is 1.39 bits per heavy atom. The third-order valence-corrected chi connectivity index (χ3v) is 3.54. The first-order chi connectivity index (χ1) is 11.0. The molecule has 1 heterocycles. The van der Waals surface area contributed by atoms with Crippen molar-refractivity contribution in [2.45, 2.75) is 13.5 Å². The first-order valence-electron chi connectivity index (χ1n) is 6.69. The van der Waals surface area contributed by atoms with E-state index in [1.807, 2.05) is 13.0 Å². The van der Waals surface area contributed by atoms with Crippen LogP contribution in [0.3, 0.4) is 0 Å². The molecule has 0 aliphatic heterocycles. The number of benzene rings is 1. The van der Waals surface area contributed by atoms with Gasteiger partial charge >= 0.3 is 0 Å². The van der Waals surface area contributed by atoms with Gasteiger partial charge in [-0.15, -0.1) is 0 Å².